The number of carbonyl (C=O) groups is 3. The van der Waals surface area contributed by atoms with Crippen LogP contribution in [0.1, 0.15) is 22.3 Å². The molecule has 7 heteroatoms. The number of rotatable bonds is 5. The average molecular weight is 280 g/mol. The Hall–Kier alpha value is -2.41. The summed E-state index contributed by atoms with van der Waals surface area (Å²) in [5, 5.41) is 11.1. The average Bonchev–Trinajstić information content (AvgIpc) is 2.39. The number of hydrogen-bond donors (Lipinski definition) is 3. The zero-order valence-corrected chi connectivity index (χ0v) is 11.2. The van der Waals surface area contributed by atoms with E-state index in [1.165, 1.54) is 13.2 Å². The third kappa shape index (κ3) is 4.06. The quantitative estimate of drug-likeness (QED) is 0.677. The van der Waals surface area contributed by atoms with E-state index in [1.807, 2.05) is 0 Å². The molecular weight excluding hydrogens is 264 g/mol. The standard InChI is InChI=1S/C13H16N2O5/c1-7-3-4-8(13(19)20-2)5-10(7)15-12(18)9(14)6-11(16)17/h3-5,9H,6,14H2,1-2H3,(H,15,18)(H,16,17). The van der Waals surface area contributed by atoms with Gasteiger partial charge < -0.3 is 20.9 Å². The van der Waals surface area contributed by atoms with Gasteiger partial charge in [-0.1, -0.05) is 6.07 Å². The SMILES string of the molecule is COC(=O)c1ccc(C)c(NC(=O)C(N)CC(=O)O)c1. The minimum atomic E-state index is -1.16. The number of esters is 1. The van der Waals surface area contributed by atoms with Gasteiger partial charge in [0.25, 0.3) is 0 Å². The summed E-state index contributed by atoms with van der Waals surface area (Å²) >= 11 is 0. The van der Waals surface area contributed by atoms with Crippen LogP contribution in [-0.4, -0.2) is 36.1 Å². The molecule has 0 spiro atoms. The summed E-state index contributed by atoms with van der Waals surface area (Å²) in [4.78, 5) is 33.6. The number of aryl methyl sites for hydroxylation is 1. The Bertz CT molecular complexity index is 542. The minimum Gasteiger partial charge on any atom is -0.481 e. The number of nitrogens with one attached hydrogen (secondary N) is 1. The summed E-state index contributed by atoms with van der Waals surface area (Å²) in [5.74, 6) is -2.32. The van der Waals surface area contributed by atoms with Crippen molar-refractivity contribution in [2.24, 2.45) is 5.73 Å². The second kappa shape index (κ2) is 6.67. The van der Waals surface area contributed by atoms with Gasteiger partial charge in [-0.05, 0) is 24.6 Å². The Morgan fingerprint density at radius 1 is 1.40 bits per heavy atom. The number of carboxylic acids is 1. The smallest absolute Gasteiger partial charge is 0.337 e. The summed E-state index contributed by atoms with van der Waals surface area (Å²) in [5.41, 5.74) is 6.84. The van der Waals surface area contributed by atoms with Crippen LogP contribution < -0.4 is 11.1 Å². The normalized spacial score (nSPS) is 11.6. The van der Waals surface area contributed by atoms with E-state index < -0.39 is 30.3 Å². The van der Waals surface area contributed by atoms with Gasteiger partial charge in [0.15, 0.2) is 0 Å². The maximum atomic E-state index is 11.7. The number of nitrogens with two attached hydrogens (primary N) is 1. The van der Waals surface area contributed by atoms with Crippen molar-refractivity contribution in [1.29, 1.82) is 0 Å². The van der Waals surface area contributed by atoms with Crippen LogP contribution in [0.25, 0.3) is 0 Å². The van der Waals surface area contributed by atoms with Crippen molar-refractivity contribution in [3.8, 4) is 0 Å². The lowest BCUT2D eigenvalue weighted by molar-refractivity contribution is -0.138. The first-order valence-electron chi connectivity index (χ1n) is 5.82. The lowest BCUT2D eigenvalue weighted by Crippen LogP contribution is -2.37. The molecule has 1 aromatic carbocycles. The maximum absolute atomic E-state index is 11.7. The molecule has 108 valence electrons. The zero-order valence-electron chi connectivity index (χ0n) is 11.2. The van der Waals surface area contributed by atoms with E-state index in [1.54, 1.807) is 19.1 Å². The molecule has 4 N–H and O–H groups in total. The topological polar surface area (TPSA) is 119 Å². The summed E-state index contributed by atoms with van der Waals surface area (Å²) in [6.07, 6.45) is -0.471. The van der Waals surface area contributed by atoms with Crippen LogP contribution in [-0.2, 0) is 14.3 Å². The fraction of sp³-hybridized carbons (Fsp3) is 0.308. The number of benzene rings is 1. The highest BCUT2D eigenvalue weighted by molar-refractivity contribution is 5.98. The predicted molar refractivity (Wildman–Crippen MR) is 71.4 cm³/mol. The summed E-state index contributed by atoms with van der Waals surface area (Å²) in [7, 11) is 1.25. The largest absolute Gasteiger partial charge is 0.481 e. The first-order valence-corrected chi connectivity index (χ1v) is 5.82. The molecule has 1 rings (SSSR count). The zero-order chi connectivity index (χ0) is 15.3. The molecule has 20 heavy (non-hydrogen) atoms. The van der Waals surface area contributed by atoms with Gasteiger partial charge in [-0.3, -0.25) is 9.59 Å². The van der Waals surface area contributed by atoms with Crippen LogP contribution in [0.2, 0.25) is 0 Å². The van der Waals surface area contributed by atoms with Crippen molar-refractivity contribution in [2.75, 3.05) is 12.4 Å². The van der Waals surface area contributed by atoms with Gasteiger partial charge in [-0.25, -0.2) is 4.79 Å². The summed E-state index contributed by atoms with van der Waals surface area (Å²) < 4.78 is 4.58. The molecule has 0 bridgehead atoms. The Morgan fingerprint density at radius 3 is 2.60 bits per heavy atom. The van der Waals surface area contributed by atoms with Crippen molar-refractivity contribution in [1.82, 2.24) is 0 Å². The van der Waals surface area contributed by atoms with Crippen LogP contribution in [0.15, 0.2) is 18.2 Å². The van der Waals surface area contributed by atoms with Crippen molar-refractivity contribution < 1.29 is 24.2 Å². The highest BCUT2D eigenvalue weighted by Crippen LogP contribution is 2.18. The lowest BCUT2D eigenvalue weighted by Gasteiger charge is -2.13. The van der Waals surface area contributed by atoms with Gasteiger partial charge in [0.1, 0.15) is 0 Å². The first-order chi connectivity index (χ1) is 9.35. The van der Waals surface area contributed by atoms with Gasteiger partial charge in [-0.2, -0.15) is 0 Å². The molecule has 0 saturated heterocycles. The van der Waals surface area contributed by atoms with Gasteiger partial charge in [-0.15, -0.1) is 0 Å². The highest BCUT2D eigenvalue weighted by Gasteiger charge is 2.18. The molecular formula is C13H16N2O5. The highest BCUT2D eigenvalue weighted by atomic mass is 16.5. The number of ether oxygens (including phenoxy) is 1. The van der Waals surface area contributed by atoms with Crippen LogP contribution >= 0.6 is 0 Å². The van der Waals surface area contributed by atoms with Crippen molar-refractivity contribution >= 4 is 23.5 Å². The molecule has 0 aliphatic heterocycles. The second-order valence-electron chi connectivity index (χ2n) is 4.21. The van der Waals surface area contributed by atoms with Crippen molar-refractivity contribution in [3.63, 3.8) is 0 Å². The molecule has 0 radical (unpaired) electrons. The Labute approximate surface area is 115 Å². The number of hydrogen-bond acceptors (Lipinski definition) is 5. The van der Waals surface area contributed by atoms with E-state index in [2.05, 4.69) is 10.1 Å². The van der Waals surface area contributed by atoms with Gasteiger partial charge in [0.2, 0.25) is 5.91 Å². The Balaban J connectivity index is 2.88. The lowest BCUT2D eigenvalue weighted by atomic mass is 10.1. The van der Waals surface area contributed by atoms with Gasteiger partial charge in [0, 0.05) is 5.69 Å². The monoisotopic (exact) mass is 280 g/mol. The Kier molecular flexibility index (Phi) is 5.22. The number of methoxy groups -OCH3 is 1. The molecule has 0 fully saturated rings. The van der Waals surface area contributed by atoms with E-state index >= 15 is 0 Å². The third-order valence-electron chi connectivity index (χ3n) is 2.65. The predicted octanol–water partition coefficient (Wildman–Crippen LogP) is 0.522. The summed E-state index contributed by atoms with van der Waals surface area (Å²) in [6.45, 7) is 1.74. The molecule has 0 saturated carbocycles. The molecule has 0 aromatic heterocycles. The van der Waals surface area contributed by atoms with Crippen molar-refractivity contribution in [2.45, 2.75) is 19.4 Å². The van der Waals surface area contributed by atoms with E-state index in [4.69, 9.17) is 10.8 Å². The molecule has 1 unspecified atom stereocenters. The first kappa shape index (κ1) is 15.6. The number of carboxylic acid groups (broad SMARTS) is 1. The number of carbonyl (C=O) groups excluding carboxylic acids is 2. The van der Waals surface area contributed by atoms with E-state index in [0.29, 0.717) is 11.3 Å². The molecule has 7 nitrogen and oxygen atoms in total. The van der Waals surface area contributed by atoms with E-state index in [9.17, 15) is 14.4 Å². The van der Waals surface area contributed by atoms with Gasteiger partial charge >= 0.3 is 11.9 Å². The number of amides is 1. The second-order valence-corrected chi connectivity index (χ2v) is 4.21. The number of aliphatic carboxylic acids is 1. The molecule has 0 aliphatic carbocycles. The van der Waals surface area contributed by atoms with E-state index in [0.717, 1.165) is 0 Å². The molecule has 1 amide bonds. The Morgan fingerprint density at radius 2 is 2.05 bits per heavy atom. The van der Waals surface area contributed by atoms with Crippen LogP contribution in [0.4, 0.5) is 5.69 Å². The van der Waals surface area contributed by atoms with Gasteiger partial charge in [0.05, 0.1) is 25.1 Å². The maximum Gasteiger partial charge on any atom is 0.337 e. The fourth-order valence-electron chi connectivity index (χ4n) is 1.51. The number of anilines is 1. The fourth-order valence-corrected chi connectivity index (χ4v) is 1.51. The molecule has 1 aromatic rings. The minimum absolute atomic E-state index is 0.278. The van der Waals surface area contributed by atoms with Crippen molar-refractivity contribution in [3.05, 3.63) is 29.3 Å². The third-order valence-corrected chi connectivity index (χ3v) is 2.65. The van der Waals surface area contributed by atoms with Crippen LogP contribution in [0, 0.1) is 6.92 Å². The van der Waals surface area contributed by atoms with Crippen LogP contribution in [0.5, 0.6) is 0 Å². The summed E-state index contributed by atoms with van der Waals surface area (Å²) in [6, 6.07) is 3.50. The van der Waals surface area contributed by atoms with Crippen LogP contribution in [0.3, 0.4) is 0 Å². The van der Waals surface area contributed by atoms with E-state index in [-0.39, 0.29) is 5.56 Å². The molecule has 0 heterocycles. The molecule has 0 aliphatic rings. The molecule has 1 atom stereocenters.